The highest BCUT2D eigenvalue weighted by molar-refractivity contribution is 7.98. The number of aryl methyl sites for hydroxylation is 1. The largest absolute Gasteiger partial charge is 0.339 e. The molecule has 1 aromatic carbocycles. The molecule has 20 heavy (non-hydrogen) atoms. The zero-order valence-corrected chi connectivity index (χ0v) is 11.2. The summed E-state index contributed by atoms with van der Waals surface area (Å²) in [5, 5.41) is 11.4. The number of halogens is 1. The summed E-state index contributed by atoms with van der Waals surface area (Å²) in [6.07, 6.45) is 0. The fraction of sp³-hybridized carbons (Fsp3) is 0.167. The maximum Gasteiger partial charge on any atom is 0.339 e. The summed E-state index contributed by atoms with van der Waals surface area (Å²) < 4.78 is 14.6. The first-order chi connectivity index (χ1) is 9.49. The van der Waals surface area contributed by atoms with Gasteiger partial charge in [-0.05, 0) is 23.8 Å². The van der Waals surface area contributed by atoms with E-state index in [0.29, 0.717) is 16.5 Å². The van der Waals surface area contributed by atoms with Gasteiger partial charge in [-0.25, -0.2) is 4.39 Å². The molecule has 0 atom stereocenters. The summed E-state index contributed by atoms with van der Waals surface area (Å²) in [6, 6.07) is 5.87. The van der Waals surface area contributed by atoms with Crippen LogP contribution in [0.4, 0.5) is 4.39 Å². The van der Waals surface area contributed by atoms with Crippen LogP contribution in [0.2, 0.25) is 0 Å². The predicted molar refractivity (Wildman–Crippen MR) is 70.8 cm³/mol. The first kappa shape index (κ1) is 14.0. The Labute approximate surface area is 116 Å². The van der Waals surface area contributed by atoms with Crippen molar-refractivity contribution in [2.24, 2.45) is 7.05 Å². The molecule has 0 aliphatic heterocycles. The summed E-state index contributed by atoms with van der Waals surface area (Å²) in [7, 11) is 1.54. The molecule has 0 unspecified atom stereocenters. The van der Waals surface area contributed by atoms with Crippen molar-refractivity contribution >= 4 is 11.8 Å². The fourth-order valence-corrected chi connectivity index (χ4v) is 2.39. The minimum absolute atomic E-state index is 0.226. The lowest BCUT2D eigenvalue weighted by molar-refractivity contribution is 0.596. The van der Waals surface area contributed by atoms with Crippen molar-refractivity contribution in [2.45, 2.75) is 10.9 Å². The Kier molecular flexibility index (Phi) is 4.00. The van der Waals surface area contributed by atoms with Crippen molar-refractivity contribution in [2.75, 3.05) is 0 Å². The number of nitrogens with zero attached hydrogens (tertiary/aromatic N) is 3. The number of rotatable bonds is 3. The molecule has 2 rings (SSSR count). The van der Waals surface area contributed by atoms with Crippen molar-refractivity contribution < 1.29 is 4.39 Å². The van der Waals surface area contributed by atoms with Crippen LogP contribution in [0.1, 0.15) is 11.1 Å². The van der Waals surface area contributed by atoms with Gasteiger partial charge in [0.15, 0.2) is 5.16 Å². The molecule has 0 amide bonds. The molecule has 0 saturated carbocycles. The van der Waals surface area contributed by atoms with Gasteiger partial charge in [0.1, 0.15) is 5.82 Å². The van der Waals surface area contributed by atoms with E-state index in [4.69, 9.17) is 5.26 Å². The molecule has 2 aromatic rings. The van der Waals surface area contributed by atoms with Crippen LogP contribution >= 0.6 is 11.8 Å². The van der Waals surface area contributed by atoms with E-state index in [2.05, 4.69) is 10.1 Å². The molecular formula is C12H9FN4O2S. The number of thioether (sulfide) groups is 1. The van der Waals surface area contributed by atoms with Crippen molar-refractivity contribution in [1.82, 2.24) is 14.8 Å². The number of aromatic amines is 1. The highest BCUT2D eigenvalue weighted by Gasteiger charge is 2.06. The van der Waals surface area contributed by atoms with Crippen LogP contribution in [0.5, 0.6) is 0 Å². The van der Waals surface area contributed by atoms with Gasteiger partial charge >= 0.3 is 11.1 Å². The van der Waals surface area contributed by atoms with Gasteiger partial charge in [0, 0.05) is 12.8 Å². The lowest BCUT2D eigenvalue weighted by Gasteiger charge is -2.06. The third kappa shape index (κ3) is 3.13. The maximum absolute atomic E-state index is 13.3. The van der Waals surface area contributed by atoms with Gasteiger partial charge in [0.05, 0.1) is 11.6 Å². The zero-order valence-electron chi connectivity index (χ0n) is 10.4. The van der Waals surface area contributed by atoms with Crippen LogP contribution in [0, 0.1) is 17.1 Å². The average Bonchev–Trinajstić information content (AvgIpc) is 2.40. The second-order valence-electron chi connectivity index (χ2n) is 3.95. The standard InChI is InChI=1S/C12H9FN4O2S/c1-17-12(15-10(18)11(19)16-17)20-6-8-2-7(5-14)3-9(13)4-8/h2-4H,6H2,1H3,(H,16,19). The van der Waals surface area contributed by atoms with E-state index in [1.54, 1.807) is 13.1 Å². The molecule has 0 radical (unpaired) electrons. The van der Waals surface area contributed by atoms with Crippen LogP contribution in [0.25, 0.3) is 0 Å². The number of nitriles is 1. The Balaban J connectivity index is 2.23. The zero-order chi connectivity index (χ0) is 14.7. The number of hydrogen-bond donors (Lipinski definition) is 1. The van der Waals surface area contributed by atoms with Crippen LogP contribution in [0.15, 0.2) is 32.9 Å². The van der Waals surface area contributed by atoms with E-state index in [0.717, 1.165) is 17.8 Å². The van der Waals surface area contributed by atoms with Crippen LogP contribution in [-0.2, 0) is 12.8 Å². The predicted octanol–water partition coefficient (Wildman–Crippen LogP) is 0.772. The molecule has 0 aliphatic carbocycles. The third-order valence-electron chi connectivity index (χ3n) is 2.40. The Bertz CT molecular complexity index is 806. The molecule has 0 saturated heterocycles. The first-order valence-electron chi connectivity index (χ1n) is 5.49. The van der Waals surface area contributed by atoms with Crippen molar-refractivity contribution in [3.8, 4) is 6.07 Å². The number of benzene rings is 1. The lowest BCUT2D eigenvalue weighted by Crippen LogP contribution is -2.33. The van der Waals surface area contributed by atoms with Crippen molar-refractivity contribution in [1.29, 1.82) is 5.26 Å². The average molecular weight is 292 g/mol. The summed E-state index contributed by atoms with van der Waals surface area (Å²) >= 11 is 1.16. The van der Waals surface area contributed by atoms with Gasteiger partial charge in [0.25, 0.3) is 0 Å². The van der Waals surface area contributed by atoms with Gasteiger partial charge in [-0.15, -0.1) is 0 Å². The first-order valence-corrected chi connectivity index (χ1v) is 6.48. The van der Waals surface area contributed by atoms with E-state index in [9.17, 15) is 14.0 Å². The highest BCUT2D eigenvalue weighted by Crippen LogP contribution is 2.20. The molecule has 1 heterocycles. The number of H-pyrrole nitrogens is 1. The molecule has 102 valence electrons. The molecular weight excluding hydrogens is 283 g/mol. The van der Waals surface area contributed by atoms with Crippen LogP contribution < -0.4 is 11.1 Å². The Morgan fingerprint density at radius 2 is 2.20 bits per heavy atom. The van der Waals surface area contributed by atoms with Crippen molar-refractivity contribution in [3.63, 3.8) is 0 Å². The van der Waals surface area contributed by atoms with Gasteiger partial charge in [-0.3, -0.25) is 19.4 Å². The Morgan fingerprint density at radius 1 is 1.45 bits per heavy atom. The minimum atomic E-state index is -0.873. The molecule has 0 fully saturated rings. The van der Waals surface area contributed by atoms with Gasteiger partial charge in [0.2, 0.25) is 0 Å². The summed E-state index contributed by atoms with van der Waals surface area (Å²) in [5.74, 6) is -0.179. The maximum atomic E-state index is 13.3. The molecule has 1 N–H and O–H groups in total. The summed E-state index contributed by atoms with van der Waals surface area (Å²) in [5.41, 5.74) is -0.854. The fourth-order valence-electron chi connectivity index (χ4n) is 1.54. The highest BCUT2D eigenvalue weighted by atomic mass is 32.2. The minimum Gasteiger partial charge on any atom is -0.265 e. The normalized spacial score (nSPS) is 10.2. The second kappa shape index (κ2) is 5.71. The van der Waals surface area contributed by atoms with E-state index in [1.807, 2.05) is 6.07 Å². The molecule has 0 bridgehead atoms. The van der Waals surface area contributed by atoms with E-state index in [-0.39, 0.29) is 5.56 Å². The topological polar surface area (TPSA) is 91.5 Å². The second-order valence-corrected chi connectivity index (χ2v) is 4.89. The number of hydrogen-bond acceptors (Lipinski definition) is 5. The third-order valence-corrected chi connectivity index (χ3v) is 3.50. The van der Waals surface area contributed by atoms with Gasteiger partial charge < -0.3 is 0 Å². The number of nitrogens with one attached hydrogen (secondary N) is 1. The number of aromatic nitrogens is 3. The van der Waals surface area contributed by atoms with Crippen molar-refractivity contribution in [3.05, 3.63) is 55.9 Å². The summed E-state index contributed by atoms with van der Waals surface area (Å²) in [6.45, 7) is 0. The Morgan fingerprint density at radius 3 is 2.90 bits per heavy atom. The monoisotopic (exact) mass is 292 g/mol. The molecule has 6 nitrogen and oxygen atoms in total. The molecule has 1 aromatic heterocycles. The van der Waals surface area contributed by atoms with E-state index >= 15 is 0 Å². The smallest absolute Gasteiger partial charge is 0.265 e. The van der Waals surface area contributed by atoms with E-state index < -0.39 is 16.9 Å². The van der Waals surface area contributed by atoms with Crippen LogP contribution in [-0.4, -0.2) is 14.8 Å². The molecule has 0 aliphatic rings. The quantitative estimate of drug-likeness (QED) is 0.666. The molecule has 0 spiro atoms. The SMILES string of the molecule is Cn1[nH]c(=O)c(=O)nc1SCc1cc(F)cc(C#N)c1. The molecule has 8 heteroatoms. The van der Waals surface area contributed by atoms with Crippen LogP contribution in [0.3, 0.4) is 0 Å². The van der Waals surface area contributed by atoms with E-state index in [1.165, 1.54) is 10.7 Å². The van der Waals surface area contributed by atoms with Gasteiger partial charge in [-0.2, -0.15) is 10.2 Å². The summed E-state index contributed by atoms with van der Waals surface area (Å²) in [4.78, 5) is 25.8. The Hall–Kier alpha value is -2.40. The van der Waals surface area contributed by atoms with Gasteiger partial charge in [-0.1, -0.05) is 11.8 Å². The lowest BCUT2D eigenvalue weighted by atomic mass is 10.1.